The smallest absolute Gasteiger partial charge is 0.309 e. The number of aliphatic hydroxyl groups is 3. The van der Waals surface area contributed by atoms with E-state index in [0.717, 1.165) is 18.4 Å². The molecule has 0 spiro atoms. The summed E-state index contributed by atoms with van der Waals surface area (Å²) in [6.45, 7) is 9.89. The van der Waals surface area contributed by atoms with E-state index >= 15 is 0 Å². The summed E-state index contributed by atoms with van der Waals surface area (Å²) in [7, 11) is 3.16. The SMILES string of the molecule is CO[C@@H]1C[C@H](O[C@H]2[C@@H](O)C[C@H](O[C@H]3[C@@H](C)O[C@@H](O[C@H]4CC5=CC[C@H]6C(=O)O[C@@H]7CO[C@]8(C)OC=C(CC[C@@H]6[C@]5(C)C[C@H]4O)[C@H]78)C[C@H]3OC)O[C@@H]2C)O[C@@H](C)[C@@H]1O. The van der Waals surface area contributed by atoms with Gasteiger partial charge in [0.15, 0.2) is 18.9 Å². The summed E-state index contributed by atoms with van der Waals surface area (Å²) in [5.74, 6) is -1.40. The molecule has 0 aromatic carbocycles. The number of aliphatic hydroxyl groups excluding tert-OH is 3. The van der Waals surface area contributed by atoms with Gasteiger partial charge in [-0.25, -0.2) is 0 Å². The third-order valence-corrected chi connectivity index (χ3v) is 14.2. The normalized spacial score (nSPS) is 51.9. The lowest BCUT2D eigenvalue weighted by Crippen LogP contribution is -2.57. The van der Waals surface area contributed by atoms with Gasteiger partial charge < -0.3 is 67.4 Å². The summed E-state index contributed by atoms with van der Waals surface area (Å²) in [5.41, 5.74) is 1.92. The van der Waals surface area contributed by atoms with E-state index in [1.54, 1.807) is 27.4 Å². The van der Waals surface area contributed by atoms with Gasteiger partial charge in [-0.2, -0.15) is 0 Å². The maximum absolute atomic E-state index is 13.7. The molecule has 2 aliphatic carbocycles. The van der Waals surface area contributed by atoms with Gasteiger partial charge in [-0.05, 0) is 69.8 Å². The molecule has 1 saturated carbocycles. The minimum Gasteiger partial charge on any atom is -0.469 e. The number of hydrogen-bond acceptors (Lipinski definition) is 15. The van der Waals surface area contributed by atoms with Crippen LogP contribution < -0.4 is 0 Å². The molecule has 8 aliphatic rings. The summed E-state index contributed by atoms with van der Waals surface area (Å²) in [5, 5.41) is 33.2. The quantitative estimate of drug-likeness (QED) is 0.241. The first-order chi connectivity index (χ1) is 26.7. The van der Waals surface area contributed by atoms with Crippen molar-refractivity contribution in [1.82, 2.24) is 0 Å². The van der Waals surface area contributed by atoms with Crippen molar-refractivity contribution in [2.75, 3.05) is 20.8 Å². The molecule has 0 amide bonds. The Kier molecular flexibility index (Phi) is 11.7. The van der Waals surface area contributed by atoms with Crippen LogP contribution in [-0.2, 0) is 56.9 Å². The summed E-state index contributed by atoms with van der Waals surface area (Å²) in [6, 6.07) is 0. The fourth-order valence-electron chi connectivity index (χ4n) is 11.1. The summed E-state index contributed by atoms with van der Waals surface area (Å²) in [6.07, 6.45) is -0.916. The third-order valence-electron chi connectivity index (χ3n) is 14.2. The Hall–Kier alpha value is -1.73. The van der Waals surface area contributed by atoms with Crippen molar-refractivity contribution in [3.8, 4) is 0 Å². The number of allylic oxidation sites excluding steroid dienone is 1. The van der Waals surface area contributed by atoms with Gasteiger partial charge >= 0.3 is 5.97 Å². The standard InChI is InChI=1S/C41H62O15/c1-19-36(44)29(46-6)14-34(50-19)55-37-20(2)51-32(13-26(37)42)56-38-21(3)52-33(15-30(38)47-7)53-28-12-23-9-10-24-25(40(23,4)16-27(28)43)11-8-22-17-48-41(5)35(22)31(18-49-41)54-39(24)45/h9,17,19-21,24-38,42-44H,8,10-16,18H2,1-7H3/t19-,20+,21+,24+,25-,26-,27+,28-,29+,30+,31+,32-,33-,34-,35+,36-,37+,38-,40+,41-/m0/s1. The van der Waals surface area contributed by atoms with Crippen LogP contribution in [0, 0.1) is 23.2 Å². The minimum absolute atomic E-state index is 0.00811. The first-order valence-electron chi connectivity index (χ1n) is 20.6. The number of methoxy groups -OCH3 is 2. The summed E-state index contributed by atoms with van der Waals surface area (Å²) < 4.78 is 66.9. The lowest BCUT2D eigenvalue weighted by atomic mass is 9.55. The van der Waals surface area contributed by atoms with Crippen LogP contribution in [-0.4, -0.2) is 140 Å². The van der Waals surface area contributed by atoms with E-state index in [4.69, 9.17) is 52.1 Å². The number of carbonyl (C=O) groups is 1. The van der Waals surface area contributed by atoms with Gasteiger partial charge in [-0.1, -0.05) is 18.6 Å². The van der Waals surface area contributed by atoms with E-state index in [0.29, 0.717) is 38.7 Å². The number of fused-ring (bicyclic) bond motifs is 3. The molecule has 6 heterocycles. The lowest BCUT2D eigenvalue weighted by Gasteiger charge is -2.52. The molecule has 15 heteroatoms. The van der Waals surface area contributed by atoms with Crippen LogP contribution >= 0.6 is 0 Å². The molecule has 6 aliphatic heterocycles. The van der Waals surface area contributed by atoms with Gasteiger partial charge in [0, 0.05) is 40.4 Å². The zero-order valence-electron chi connectivity index (χ0n) is 33.7. The average molecular weight is 795 g/mol. The van der Waals surface area contributed by atoms with Gasteiger partial charge in [-0.3, -0.25) is 4.79 Å². The highest BCUT2D eigenvalue weighted by molar-refractivity contribution is 5.74. The second-order valence-corrected chi connectivity index (χ2v) is 17.7. The molecule has 15 nitrogen and oxygen atoms in total. The molecule has 6 fully saturated rings. The first kappa shape index (κ1) is 41.0. The molecule has 20 atom stereocenters. The topological polar surface area (TPSA) is 179 Å². The molecule has 3 N–H and O–H groups in total. The van der Waals surface area contributed by atoms with Gasteiger partial charge in [-0.15, -0.1) is 0 Å². The number of hydrogen-bond donors (Lipinski definition) is 3. The average Bonchev–Trinajstić information content (AvgIpc) is 3.67. The second-order valence-electron chi connectivity index (χ2n) is 17.7. The van der Waals surface area contributed by atoms with E-state index in [-0.39, 0.29) is 36.2 Å². The largest absolute Gasteiger partial charge is 0.469 e. The van der Waals surface area contributed by atoms with Crippen LogP contribution in [0.4, 0.5) is 0 Å². The molecule has 5 saturated heterocycles. The molecule has 0 bridgehead atoms. The zero-order valence-corrected chi connectivity index (χ0v) is 33.7. The van der Waals surface area contributed by atoms with Crippen LogP contribution in [0.2, 0.25) is 0 Å². The van der Waals surface area contributed by atoms with Crippen LogP contribution in [0.3, 0.4) is 0 Å². The monoisotopic (exact) mass is 794 g/mol. The van der Waals surface area contributed by atoms with Gasteiger partial charge in [0.05, 0.1) is 73.5 Å². The van der Waals surface area contributed by atoms with Crippen LogP contribution in [0.1, 0.15) is 86.0 Å². The predicted molar refractivity (Wildman–Crippen MR) is 194 cm³/mol. The molecule has 56 heavy (non-hydrogen) atoms. The Morgan fingerprint density at radius 1 is 0.804 bits per heavy atom. The van der Waals surface area contributed by atoms with Crippen LogP contribution in [0.25, 0.3) is 0 Å². The van der Waals surface area contributed by atoms with Crippen LogP contribution in [0.5, 0.6) is 0 Å². The fraction of sp³-hybridized carbons (Fsp3) is 0.878. The third kappa shape index (κ3) is 7.51. The number of carbonyl (C=O) groups excluding carboxylic acids is 1. The maximum atomic E-state index is 13.7. The Bertz CT molecular complexity index is 1480. The lowest BCUT2D eigenvalue weighted by molar-refractivity contribution is -0.338. The van der Waals surface area contributed by atoms with Gasteiger partial charge in [0.25, 0.3) is 0 Å². The highest BCUT2D eigenvalue weighted by Crippen LogP contribution is 2.57. The molecule has 0 unspecified atom stereocenters. The van der Waals surface area contributed by atoms with E-state index < -0.39 is 97.2 Å². The van der Waals surface area contributed by atoms with Crippen molar-refractivity contribution in [2.24, 2.45) is 23.2 Å². The minimum atomic E-state index is -0.897. The van der Waals surface area contributed by atoms with Crippen molar-refractivity contribution >= 4 is 5.97 Å². The van der Waals surface area contributed by atoms with Gasteiger partial charge in [0.2, 0.25) is 5.79 Å². The zero-order chi connectivity index (χ0) is 39.7. The van der Waals surface area contributed by atoms with Gasteiger partial charge in [0.1, 0.15) is 24.4 Å². The van der Waals surface area contributed by atoms with Crippen molar-refractivity contribution in [1.29, 1.82) is 0 Å². The van der Waals surface area contributed by atoms with E-state index in [9.17, 15) is 20.1 Å². The molecular formula is C41H62O15. The van der Waals surface area contributed by atoms with E-state index in [1.165, 1.54) is 5.57 Å². The second kappa shape index (κ2) is 16.0. The van der Waals surface area contributed by atoms with E-state index in [2.05, 4.69) is 13.0 Å². The molecule has 0 aromatic rings. The Morgan fingerprint density at radius 3 is 2.20 bits per heavy atom. The van der Waals surface area contributed by atoms with E-state index in [1.807, 2.05) is 20.8 Å². The van der Waals surface area contributed by atoms with Crippen molar-refractivity contribution < 1.29 is 72.2 Å². The molecular weight excluding hydrogens is 732 g/mol. The van der Waals surface area contributed by atoms with Crippen LogP contribution in [0.15, 0.2) is 23.5 Å². The van der Waals surface area contributed by atoms with Crippen molar-refractivity contribution in [3.05, 3.63) is 23.5 Å². The highest BCUT2D eigenvalue weighted by atomic mass is 16.7. The molecule has 0 aromatic heterocycles. The number of rotatable bonds is 8. The predicted octanol–water partition coefficient (Wildman–Crippen LogP) is 3.00. The number of esters is 1. The Morgan fingerprint density at radius 2 is 1.46 bits per heavy atom. The Labute approximate surface area is 329 Å². The molecule has 0 radical (unpaired) electrons. The summed E-state index contributed by atoms with van der Waals surface area (Å²) in [4.78, 5) is 13.7. The Balaban J connectivity index is 0.868. The van der Waals surface area contributed by atoms with Crippen molar-refractivity contribution in [2.45, 2.75) is 184 Å². The first-order valence-corrected chi connectivity index (χ1v) is 20.6. The molecule has 8 rings (SSSR count). The fourth-order valence-corrected chi connectivity index (χ4v) is 11.1. The maximum Gasteiger partial charge on any atom is 0.309 e. The highest BCUT2D eigenvalue weighted by Gasteiger charge is 2.59. The molecule has 316 valence electrons. The van der Waals surface area contributed by atoms with Crippen molar-refractivity contribution in [3.63, 3.8) is 0 Å². The summed E-state index contributed by atoms with van der Waals surface area (Å²) >= 11 is 0. The number of ether oxygens (including phenoxy) is 11.